The zero-order chi connectivity index (χ0) is 17.6. The molecule has 0 aromatic rings. The Morgan fingerprint density at radius 1 is 1.12 bits per heavy atom. The van der Waals surface area contributed by atoms with Gasteiger partial charge in [0.05, 0.1) is 25.9 Å². The number of nitrogens with zero attached hydrogens (tertiary/aromatic N) is 2. The Labute approximate surface area is 152 Å². The van der Waals surface area contributed by atoms with Crippen LogP contribution in [0.15, 0.2) is 4.99 Å². The van der Waals surface area contributed by atoms with Crippen LogP contribution in [-0.2, 0) is 14.2 Å². The summed E-state index contributed by atoms with van der Waals surface area (Å²) in [4.78, 5) is 6.74. The maximum absolute atomic E-state index is 5.66. The minimum Gasteiger partial charge on any atom is -0.379 e. The molecule has 0 aromatic carbocycles. The van der Waals surface area contributed by atoms with Crippen molar-refractivity contribution in [2.24, 2.45) is 4.99 Å². The molecule has 1 unspecified atom stereocenters. The van der Waals surface area contributed by atoms with E-state index in [1.165, 1.54) is 19.4 Å². The van der Waals surface area contributed by atoms with Gasteiger partial charge in [0.15, 0.2) is 5.96 Å². The van der Waals surface area contributed by atoms with Gasteiger partial charge >= 0.3 is 0 Å². The average molecular weight is 357 g/mol. The quantitative estimate of drug-likeness (QED) is 0.325. The molecule has 2 saturated heterocycles. The first-order valence-corrected chi connectivity index (χ1v) is 9.82. The molecular formula is C18H36N4O3. The van der Waals surface area contributed by atoms with Crippen LogP contribution in [0.1, 0.15) is 32.1 Å². The maximum atomic E-state index is 5.66. The van der Waals surface area contributed by atoms with Crippen molar-refractivity contribution in [3.63, 3.8) is 0 Å². The van der Waals surface area contributed by atoms with Crippen molar-refractivity contribution >= 4 is 5.96 Å². The van der Waals surface area contributed by atoms with E-state index in [1.807, 2.05) is 7.05 Å². The van der Waals surface area contributed by atoms with Crippen LogP contribution in [-0.4, -0.2) is 89.8 Å². The minimum atomic E-state index is 0.319. The molecule has 1 atom stereocenters. The Bertz CT molecular complexity index is 356. The molecule has 146 valence electrons. The molecule has 2 fully saturated rings. The summed E-state index contributed by atoms with van der Waals surface area (Å²) < 4.78 is 16.6. The first-order valence-electron chi connectivity index (χ1n) is 9.82. The fraction of sp³-hybridized carbons (Fsp3) is 0.944. The summed E-state index contributed by atoms with van der Waals surface area (Å²) in [7, 11) is 1.82. The highest BCUT2D eigenvalue weighted by Gasteiger charge is 2.14. The molecule has 7 nitrogen and oxygen atoms in total. The molecule has 2 N–H and O–H groups in total. The van der Waals surface area contributed by atoms with E-state index in [-0.39, 0.29) is 0 Å². The van der Waals surface area contributed by atoms with Crippen molar-refractivity contribution in [2.75, 3.05) is 72.8 Å². The van der Waals surface area contributed by atoms with Gasteiger partial charge in [-0.3, -0.25) is 9.89 Å². The van der Waals surface area contributed by atoms with Crippen molar-refractivity contribution in [2.45, 2.75) is 38.2 Å². The highest BCUT2D eigenvalue weighted by Crippen LogP contribution is 2.11. The third-order valence-electron chi connectivity index (χ3n) is 4.61. The zero-order valence-electron chi connectivity index (χ0n) is 15.8. The predicted octanol–water partition coefficient (Wildman–Crippen LogP) is 0.850. The van der Waals surface area contributed by atoms with Gasteiger partial charge in [-0.2, -0.15) is 0 Å². The van der Waals surface area contributed by atoms with E-state index in [4.69, 9.17) is 14.2 Å². The first-order chi connectivity index (χ1) is 12.4. The lowest BCUT2D eigenvalue weighted by Crippen LogP contribution is -2.39. The molecule has 0 amide bonds. The predicted molar refractivity (Wildman–Crippen MR) is 100 cm³/mol. The van der Waals surface area contributed by atoms with Crippen molar-refractivity contribution in [1.29, 1.82) is 0 Å². The second kappa shape index (κ2) is 13.3. The first kappa shape index (κ1) is 20.4. The summed E-state index contributed by atoms with van der Waals surface area (Å²) in [6, 6.07) is 0. The van der Waals surface area contributed by atoms with E-state index in [1.54, 1.807) is 0 Å². The van der Waals surface area contributed by atoms with Crippen molar-refractivity contribution < 1.29 is 14.2 Å². The number of nitrogens with one attached hydrogen (secondary N) is 2. The van der Waals surface area contributed by atoms with Gasteiger partial charge in [0.1, 0.15) is 0 Å². The van der Waals surface area contributed by atoms with Gasteiger partial charge in [0.25, 0.3) is 0 Å². The highest BCUT2D eigenvalue weighted by molar-refractivity contribution is 5.79. The molecule has 0 spiro atoms. The van der Waals surface area contributed by atoms with Crippen LogP contribution in [0.2, 0.25) is 0 Å². The van der Waals surface area contributed by atoms with Crippen LogP contribution in [0.25, 0.3) is 0 Å². The summed E-state index contributed by atoms with van der Waals surface area (Å²) in [5.74, 6) is 0.880. The van der Waals surface area contributed by atoms with Gasteiger partial charge in [-0.15, -0.1) is 0 Å². The number of guanidine groups is 1. The molecule has 2 aliphatic rings. The second-order valence-corrected chi connectivity index (χ2v) is 6.65. The Kier molecular flexibility index (Phi) is 10.9. The van der Waals surface area contributed by atoms with Crippen molar-refractivity contribution in [3.05, 3.63) is 0 Å². The number of ether oxygens (including phenoxy) is 3. The molecule has 0 saturated carbocycles. The molecule has 7 heteroatoms. The maximum Gasteiger partial charge on any atom is 0.190 e. The lowest BCUT2D eigenvalue weighted by Gasteiger charge is -2.26. The van der Waals surface area contributed by atoms with E-state index >= 15 is 0 Å². The van der Waals surface area contributed by atoms with Crippen molar-refractivity contribution in [1.82, 2.24) is 15.5 Å². The normalized spacial score (nSPS) is 22.3. The number of unbranched alkanes of at least 4 members (excludes halogenated alkanes) is 1. The minimum absolute atomic E-state index is 0.319. The van der Waals surface area contributed by atoms with Crippen LogP contribution in [0.4, 0.5) is 0 Å². The largest absolute Gasteiger partial charge is 0.379 e. The van der Waals surface area contributed by atoms with Crippen LogP contribution in [0, 0.1) is 0 Å². The average Bonchev–Trinajstić information content (AvgIpc) is 3.17. The van der Waals surface area contributed by atoms with Crippen LogP contribution in [0.3, 0.4) is 0 Å². The lowest BCUT2D eigenvalue weighted by molar-refractivity contribution is 0.0168. The number of morpholine rings is 1. The Balaban J connectivity index is 1.38. The van der Waals surface area contributed by atoms with Gasteiger partial charge < -0.3 is 24.8 Å². The fourth-order valence-corrected chi connectivity index (χ4v) is 3.08. The van der Waals surface area contributed by atoms with E-state index in [9.17, 15) is 0 Å². The van der Waals surface area contributed by atoms with Gasteiger partial charge in [-0.05, 0) is 38.6 Å². The third-order valence-corrected chi connectivity index (χ3v) is 4.61. The molecule has 25 heavy (non-hydrogen) atoms. The second-order valence-electron chi connectivity index (χ2n) is 6.65. The lowest BCUT2D eigenvalue weighted by atomic mass is 10.2. The molecule has 0 bridgehead atoms. The van der Waals surface area contributed by atoms with E-state index in [0.717, 1.165) is 84.4 Å². The van der Waals surface area contributed by atoms with Crippen molar-refractivity contribution in [3.8, 4) is 0 Å². The number of rotatable bonds is 11. The van der Waals surface area contributed by atoms with E-state index in [0.29, 0.717) is 6.10 Å². The molecule has 0 radical (unpaired) electrons. The Hall–Kier alpha value is -0.890. The monoisotopic (exact) mass is 356 g/mol. The van der Waals surface area contributed by atoms with Gasteiger partial charge in [0.2, 0.25) is 0 Å². The summed E-state index contributed by atoms with van der Waals surface area (Å²) in [6.07, 6.45) is 5.97. The van der Waals surface area contributed by atoms with Crippen LogP contribution in [0.5, 0.6) is 0 Å². The van der Waals surface area contributed by atoms with Gasteiger partial charge in [-0.25, -0.2) is 0 Å². The van der Waals surface area contributed by atoms with Gasteiger partial charge in [0, 0.05) is 46.4 Å². The molecular weight excluding hydrogens is 320 g/mol. The summed E-state index contributed by atoms with van der Waals surface area (Å²) in [5, 5.41) is 6.72. The van der Waals surface area contributed by atoms with Crippen LogP contribution < -0.4 is 10.6 Å². The summed E-state index contributed by atoms with van der Waals surface area (Å²) >= 11 is 0. The smallest absolute Gasteiger partial charge is 0.190 e. The SMILES string of the molecule is CN=C(NCCCCN1CCOCC1)NCCCOCC1CCCO1. The fourth-order valence-electron chi connectivity index (χ4n) is 3.08. The number of hydrogen-bond donors (Lipinski definition) is 2. The number of aliphatic imine (C=N–C) groups is 1. The van der Waals surface area contributed by atoms with E-state index in [2.05, 4.69) is 20.5 Å². The zero-order valence-corrected chi connectivity index (χ0v) is 15.8. The van der Waals surface area contributed by atoms with Gasteiger partial charge in [-0.1, -0.05) is 0 Å². The van der Waals surface area contributed by atoms with E-state index < -0.39 is 0 Å². The number of hydrogen-bond acceptors (Lipinski definition) is 5. The summed E-state index contributed by atoms with van der Waals surface area (Å²) in [5.41, 5.74) is 0. The molecule has 2 heterocycles. The van der Waals surface area contributed by atoms with Crippen LogP contribution >= 0.6 is 0 Å². The standard InChI is InChI=1S/C18H36N4O3/c1-19-18(20-7-2-3-9-22-10-14-23-15-11-22)21-8-5-12-24-16-17-6-4-13-25-17/h17H,2-16H2,1H3,(H2,19,20,21). The molecule has 0 aromatic heterocycles. The molecule has 2 aliphatic heterocycles. The molecule has 0 aliphatic carbocycles. The Morgan fingerprint density at radius 2 is 1.92 bits per heavy atom. The summed E-state index contributed by atoms with van der Waals surface area (Å²) in [6.45, 7) is 9.30. The Morgan fingerprint density at radius 3 is 2.64 bits per heavy atom. The highest BCUT2D eigenvalue weighted by atomic mass is 16.5. The topological polar surface area (TPSA) is 67.4 Å². The molecule has 2 rings (SSSR count). The third kappa shape index (κ3) is 9.39.